The standard InChI is InChI=1S/C23H24N4O2S.HI/c1-2-24-23(26-13-18(28)21-12-17-10-6-7-11-20(17)30-21)27-15-22-25-14-19(29-22)16-8-4-3-5-9-16;/h3-12,14,18,28H,2,13,15H2,1H3,(H2,24,26,27);1H. The minimum absolute atomic E-state index is 0. The van der Waals surface area contributed by atoms with Crippen LogP contribution in [0.3, 0.4) is 0 Å². The molecule has 6 nitrogen and oxygen atoms in total. The van der Waals surface area contributed by atoms with Crippen LogP contribution in [0.4, 0.5) is 0 Å². The maximum absolute atomic E-state index is 10.6. The maximum Gasteiger partial charge on any atom is 0.216 e. The number of fused-ring (bicyclic) bond motifs is 1. The maximum atomic E-state index is 10.6. The second kappa shape index (κ2) is 11.3. The van der Waals surface area contributed by atoms with Gasteiger partial charge in [0.1, 0.15) is 12.6 Å². The molecule has 0 fully saturated rings. The molecule has 31 heavy (non-hydrogen) atoms. The Morgan fingerprint density at radius 2 is 1.90 bits per heavy atom. The van der Waals surface area contributed by atoms with Gasteiger partial charge in [0.15, 0.2) is 11.7 Å². The Bertz CT molecular complexity index is 1090. The minimum atomic E-state index is -0.613. The lowest BCUT2D eigenvalue weighted by atomic mass is 10.2. The Morgan fingerprint density at radius 3 is 2.68 bits per heavy atom. The molecule has 2 aromatic heterocycles. The zero-order chi connectivity index (χ0) is 20.8. The second-order valence-electron chi connectivity index (χ2n) is 6.76. The number of rotatable bonds is 7. The minimum Gasteiger partial charge on any atom is -0.439 e. The van der Waals surface area contributed by atoms with E-state index in [4.69, 9.17) is 4.42 Å². The van der Waals surface area contributed by atoms with Crippen LogP contribution in [0.15, 0.2) is 76.3 Å². The molecule has 0 aliphatic rings. The molecule has 1 atom stereocenters. The predicted octanol–water partition coefficient (Wildman–Crippen LogP) is 4.96. The summed E-state index contributed by atoms with van der Waals surface area (Å²) in [5, 5.41) is 18.1. The lowest BCUT2D eigenvalue weighted by molar-refractivity contribution is 0.184. The zero-order valence-corrected chi connectivity index (χ0v) is 20.3. The molecule has 1 unspecified atom stereocenters. The number of halogens is 1. The average molecular weight is 548 g/mol. The number of aliphatic hydroxyl groups excluding tert-OH is 1. The Balaban J connectivity index is 0.00000272. The summed E-state index contributed by atoms with van der Waals surface area (Å²) in [5.74, 6) is 1.87. The Morgan fingerprint density at radius 1 is 1.13 bits per heavy atom. The molecule has 3 N–H and O–H groups in total. The van der Waals surface area contributed by atoms with Gasteiger partial charge in [-0.15, -0.1) is 35.3 Å². The summed E-state index contributed by atoms with van der Waals surface area (Å²) in [5.41, 5.74) is 0.983. The number of aromatic nitrogens is 1. The van der Waals surface area contributed by atoms with Gasteiger partial charge in [0.05, 0.1) is 6.20 Å². The van der Waals surface area contributed by atoms with Crippen molar-refractivity contribution < 1.29 is 9.52 Å². The summed E-state index contributed by atoms with van der Waals surface area (Å²) in [7, 11) is 0. The van der Waals surface area contributed by atoms with Crippen LogP contribution in [0.25, 0.3) is 21.4 Å². The number of oxazole rings is 1. The van der Waals surface area contributed by atoms with Gasteiger partial charge in [0.2, 0.25) is 5.89 Å². The fraction of sp³-hybridized carbons (Fsp3) is 0.217. The number of hydrogen-bond donors (Lipinski definition) is 3. The Kier molecular flexibility index (Phi) is 8.44. The van der Waals surface area contributed by atoms with Crippen molar-refractivity contribution in [3.63, 3.8) is 0 Å². The van der Waals surface area contributed by atoms with Crippen LogP contribution in [-0.4, -0.2) is 29.1 Å². The second-order valence-corrected chi connectivity index (χ2v) is 7.88. The van der Waals surface area contributed by atoms with E-state index in [2.05, 4.69) is 32.7 Å². The quantitative estimate of drug-likeness (QED) is 0.173. The third kappa shape index (κ3) is 6.05. The summed E-state index contributed by atoms with van der Waals surface area (Å²) >= 11 is 1.61. The number of hydrogen-bond acceptors (Lipinski definition) is 5. The van der Waals surface area contributed by atoms with Gasteiger partial charge in [-0.3, -0.25) is 0 Å². The average Bonchev–Trinajstić information content (AvgIpc) is 3.43. The number of benzene rings is 2. The molecule has 0 bridgehead atoms. The molecule has 0 spiro atoms. The van der Waals surface area contributed by atoms with Gasteiger partial charge >= 0.3 is 0 Å². The van der Waals surface area contributed by atoms with Crippen LogP contribution in [-0.2, 0) is 6.54 Å². The topological polar surface area (TPSA) is 82.7 Å². The molecule has 2 heterocycles. The molecule has 0 saturated heterocycles. The first-order valence-corrected chi connectivity index (χ1v) is 10.7. The van der Waals surface area contributed by atoms with Gasteiger partial charge in [-0.25, -0.2) is 9.98 Å². The highest BCUT2D eigenvalue weighted by Crippen LogP contribution is 2.29. The highest BCUT2D eigenvalue weighted by molar-refractivity contribution is 14.0. The van der Waals surface area contributed by atoms with Crippen molar-refractivity contribution >= 4 is 51.4 Å². The molecular weight excluding hydrogens is 523 g/mol. The first-order chi connectivity index (χ1) is 14.7. The van der Waals surface area contributed by atoms with E-state index >= 15 is 0 Å². The van der Waals surface area contributed by atoms with Crippen molar-refractivity contribution in [2.75, 3.05) is 13.1 Å². The van der Waals surface area contributed by atoms with Crippen molar-refractivity contribution in [1.82, 2.24) is 15.6 Å². The molecular formula is C23H25IN4O2S. The van der Waals surface area contributed by atoms with Crippen molar-refractivity contribution in [2.24, 2.45) is 4.99 Å². The summed E-state index contributed by atoms with van der Waals surface area (Å²) < 4.78 is 6.98. The van der Waals surface area contributed by atoms with Gasteiger partial charge in [0.25, 0.3) is 0 Å². The summed E-state index contributed by atoms with van der Waals surface area (Å²) in [6.07, 6.45) is 1.10. The van der Waals surface area contributed by atoms with Gasteiger partial charge < -0.3 is 20.2 Å². The molecule has 0 radical (unpaired) electrons. The molecule has 4 aromatic rings. The van der Waals surface area contributed by atoms with Gasteiger partial charge in [-0.1, -0.05) is 48.5 Å². The van der Waals surface area contributed by atoms with Crippen LogP contribution in [0.5, 0.6) is 0 Å². The van der Waals surface area contributed by atoms with Crippen molar-refractivity contribution in [3.05, 3.63) is 77.6 Å². The molecule has 4 rings (SSSR count). The zero-order valence-electron chi connectivity index (χ0n) is 17.1. The van der Waals surface area contributed by atoms with E-state index in [0.29, 0.717) is 31.5 Å². The van der Waals surface area contributed by atoms with Crippen LogP contribution in [0, 0.1) is 0 Å². The number of nitrogens with zero attached hydrogens (tertiary/aromatic N) is 2. The summed E-state index contributed by atoms with van der Waals surface area (Å²) in [6.45, 7) is 3.38. The van der Waals surface area contributed by atoms with E-state index < -0.39 is 6.10 Å². The fourth-order valence-electron chi connectivity index (χ4n) is 3.07. The fourth-order valence-corrected chi connectivity index (χ4v) is 4.12. The van der Waals surface area contributed by atoms with Crippen molar-refractivity contribution in [3.8, 4) is 11.3 Å². The lowest BCUT2D eigenvalue weighted by Crippen LogP contribution is -2.39. The van der Waals surface area contributed by atoms with E-state index in [1.54, 1.807) is 17.5 Å². The monoisotopic (exact) mass is 548 g/mol. The van der Waals surface area contributed by atoms with E-state index in [-0.39, 0.29) is 24.0 Å². The van der Waals surface area contributed by atoms with Gasteiger partial charge in [0, 0.05) is 28.2 Å². The highest BCUT2D eigenvalue weighted by Gasteiger charge is 2.12. The van der Waals surface area contributed by atoms with E-state index in [1.807, 2.05) is 55.5 Å². The van der Waals surface area contributed by atoms with E-state index in [1.165, 1.54) is 4.70 Å². The number of thiophene rings is 1. The molecule has 8 heteroatoms. The van der Waals surface area contributed by atoms with Crippen LogP contribution >= 0.6 is 35.3 Å². The Hall–Kier alpha value is -2.43. The van der Waals surface area contributed by atoms with Crippen LogP contribution < -0.4 is 10.6 Å². The molecule has 0 saturated carbocycles. The summed E-state index contributed by atoms with van der Waals surface area (Å²) in [6, 6.07) is 20.0. The van der Waals surface area contributed by atoms with Crippen molar-refractivity contribution in [2.45, 2.75) is 19.6 Å². The summed E-state index contributed by atoms with van der Waals surface area (Å²) in [4.78, 5) is 9.77. The van der Waals surface area contributed by atoms with E-state index in [9.17, 15) is 5.11 Å². The third-order valence-corrected chi connectivity index (χ3v) is 5.78. The normalized spacial score (nSPS) is 12.4. The lowest BCUT2D eigenvalue weighted by Gasteiger charge is -2.14. The molecule has 162 valence electrons. The third-order valence-electron chi connectivity index (χ3n) is 4.56. The molecule has 0 aliphatic carbocycles. The first kappa shape index (κ1) is 23.2. The predicted molar refractivity (Wildman–Crippen MR) is 137 cm³/mol. The number of aliphatic hydroxyl groups is 1. The van der Waals surface area contributed by atoms with Crippen LogP contribution in [0.2, 0.25) is 0 Å². The van der Waals surface area contributed by atoms with Gasteiger partial charge in [-0.05, 0) is 24.4 Å². The molecule has 0 aliphatic heterocycles. The van der Waals surface area contributed by atoms with Crippen LogP contribution in [0.1, 0.15) is 23.8 Å². The number of guanidine groups is 1. The Labute approximate surface area is 202 Å². The number of aliphatic imine (C=N–C) groups is 1. The largest absolute Gasteiger partial charge is 0.439 e. The van der Waals surface area contributed by atoms with Gasteiger partial charge in [-0.2, -0.15) is 0 Å². The van der Waals surface area contributed by atoms with Crippen molar-refractivity contribution in [1.29, 1.82) is 0 Å². The highest BCUT2D eigenvalue weighted by atomic mass is 127. The van der Waals surface area contributed by atoms with E-state index in [0.717, 1.165) is 21.6 Å². The number of nitrogens with one attached hydrogen (secondary N) is 2. The molecule has 0 amide bonds. The first-order valence-electron chi connectivity index (χ1n) is 9.92. The smallest absolute Gasteiger partial charge is 0.216 e. The molecule has 2 aromatic carbocycles. The SMILES string of the molecule is CCNC(=NCc1ncc(-c2ccccc2)o1)NCC(O)c1cc2ccccc2s1.I.